The van der Waals surface area contributed by atoms with E-state index in [9.17, 15) is 8.42 Å². The summed E-state index contributed by atoms with van der Waals surface area (Å²) < 4.78 is 26.0. The van der Waals surface area contributed by atoms with Gasteiger partial charge in [-0.25, -0.2) is 13.1 Å². The average molecular weight is 234 g/mol. The molecule has 5 heteroatoms. The quantitative estimate of drug-likeness (QED) is 0.735. The zero-order chi connectivity index (χ0) is 11.5. The maximum atomic E-state index is 11.6. The first kappa shape index (κ1) is 12.9. The third kappa shape index (κ3) is 3.74. The molecule has 0 bridgehead atoms. The number of hydrogen-bond acceptors (Lipinski definition) is 3. The van der Waals surface area contributed by atoms with Crippen LogP contribution in [0.15, 0.2) is 0 Å². The van der Waals surface area contributed by atoms with Crippen LogP contribution in [0.3, 0.4) is 0 Å². The van der Waals surface area contributed by atoms with Crippen LogP contribution in [-0.4, -0.2) is 26.8 Å². The van der Waals surface area contributed by atoms with E-state index < -0.39 is 10.0 Å². The lowest BCUT2D eigenvalue weighted by molar-refractivity contribution is 0.402. The third-order valence-electron chi connectivity index (χ3n) is 3.41. The minimum atomic E-state index is -3.11. The van der Waals surface area contributed by atoms with E-state index in [-0.39, 0.29) is 11.8 Å². The molecular weight excluding hydrogens is 212 g/mol. The lowest BCUT2D eigenvalue weighted by Gasteiger charge is -2.19. The molecule has 1 aliphatic carbocycles. The fourth-order valence-electron chi connectivity index (χ4n) is 2.09. The lowest BCUT2D eigenvalue weighted by atomic mass is 9.98. The van der Waals surface area contributed by atoms with E-state index >= 15 is 0 Å². The topological polar surface area (TPSA) is 72.2 Å². The number of sulfonamides is 1. The van der Waals surface area contributed by atoms with E-state index in [2.05, 4.69) is 18.6 Å². The first-order valence-corrected chi connectivity index (χ1v) is 7.31. The van der Waals surface area contributed by atoms with Gasteiger partial charge < -0.3 is 5.73 Å². The molecule has 3 atom stereocenters. The predicted molar refractivity (Wildman–Crippen MR) is 61.9 cm³/mol. The SMILES string of the molecule is CC1CCC(NS(=O)(=O)CCCN)C1C. The number of nitrogens with one attached hydrogen (secondary N) is 1. The van der Waals surface area contributed by atoms with Gasteiger partial charge in [0.25, 0.3) is 0 Å². The molecule has 1 aliphatic rings. The molecule has 0 aromatic rings. The molecule has 3 N–H and O–H groups in total. The number of hydrogen-bond donors (Lipinski definition) is 2. The smallest absolute Gasteiger partial charge is 0.211 e. The van der Waals surface area contributed by atoms with E-state index in [0.29, 0.717) is 24.8 Å². The molecule has 1 saturated carbocycles. The average Bonchev–Trinajstić information content (AvgIpc) is 2.46. The Morgan fingerprint density at radius 1 is 1.33 bits per heavy atom. The van der Waals surface area contributed by atoms with Gasteiger partial charge in [-0.05, 0) is 37.6 Å². The van der Waals surface area contributed by atoms with Gasteiger partial charge in [-0.3, -0.25) is 0 Å². The summed E-state index contributed by atoms with van der Waals surface area (Å²) in [4.78, 5) is 0. The highest BCUT2D eigenvalue weighted by Crippen LogP contribution is 2.31. The predicted octanol–water partition coefficient (Wildman–Crippen LogP) is 0.689. The highest BCUT2D eigenvalue weighted by atomic mass is 32.2. The molecule has 4 nitrogen and oxygen atoms in total. The third-order valence-corrected chi connectivity index (χ3v) is 4.90. The summed E-state index contributed by atoms with van der Waals surface area (Å²) in [5, 5.41) is 0. The molecule has 1 rings (SSSR count). The lowest BCUT2D eigenvalue weighted by Crippen LogP contribution is -2.38. The first-order valence-electron chi connectivity index (χ1n) is 5.66. The maximum absolute atomic E-state index is 11.6. The Kier molecular flexibility index (Phi) is 4.55. The van der Waals surface area contributed by atoms with Crippen LogP contribution in [0.2, 0.25) is 0 Å². The zero-order valence-electron chi connectivity index (χ0n) is 9.57. The fourth-order valence-corrected chi connectivity index (χ4v) is 3.55. The van der Waals surface area contributed by atoms with Gasteiger partial charge in [-0.15, -0.1) is 0 Å². The summed E-state index contributed by atoms with van der Waals surface area (Å²) in [5.74, 6) is 1.21. The molecule has 0 amide bonds. The van der Waals surface area contributed by atoms with Gasteiger partial charge in [0.15, 0.2) is 0 Å². The monoisotopic (exact) mass is 234 g/mol. The molecule has 0 aromatic carbocycles. The zero-order valence-corrected chi connectivity index (χ0v) is 10.4. The Bertz CT molecular complexity index is 290. The van der Waals surface area contributed by atoms with Crippen molar-refractivity contribution < 1.29 is 8.42 Å². The Balaban J connectivity index is 2.47. The van der Waals surface area contributed by atoms with Crippen molar-refractivity contribution in [2.45, 2.75) is 39.2 Å². The van der Waals surface area contributed by atoms with Crippen molar-refractivity contribution >= 4 is 10.0 Å². The maximum Gasteiger partial charge on any atom is 0.211 e. The van der Waals surface area contributed by atoms with Crippen LogP contribution in [0.25, 0.3) is 0 Å². The van der Waals surface area contributed by atoms with Crippen LogP contribution in [0, 0.1) is 11.8 Å². The molecule has 90 valence electrons. The summed E-state index contributed by atoms with van der Waals surface area (Å²) in [7, 11) is -3.11. The first-order chi connectivity index (χ1) is 6.96. The Labute approximate surface area is 92.7 Å². The second-order valence-corrected chi connectivity index (χ2v) is 6.47. The summed E-state index contributed by atoms with van der Waals surface area (Å²) in [6, 6.07) is 0.128. The molecule has 0 heterocycles. The van der Waals surface area contributed by atoms with Crippen LogP contribution < -0.4 is 10.5 Å². The van der Waals surface area contributed by atoms with Gasteiger partial charge in [-0.1, -0.05) is 13.8 Å². The molecule has 3 unspecified atom stereocenters. The molecule has 1 fully saturated rings. The van der Waals surface area contributed by atoms with Gasteiger partial charge in [0.2, 0.25) is 10.0 Å². The van der Waals surface area contributed by atoms with Crippen molar-refractivity contribution in [3.05, 3.63) is 0 Å². The van der Waals surface area contributed by atoms with Crippen molar-refractivity contribution in [3.8, 4) is 0 Å². The van der Waals surface area contributed by atoms with Crippen LogP contribution in [0.4, 0.5) is 0 Å². The molecule has 0 aliphatic heterocycles. The van der Waals surface area contributed by atoms with Crippen LogP contribution in [-0.2, 0) is 10.0 Å². The largest absolute Gasteiger partial charge is 0.330 e. The van der Waals surface area contributed by atoms with E-state index in [4.69, 9.17) is 5.73 Å². The van der Waals surface area contributed by atoms with E-state index in [1.165, 1.54) is 0 Å². The summed E-state index contributed by atoms with van der Waals surface area (Å²) in [5.41, 5.74) is 5.30. The molecule has 0 aromatic heterocycles. The van der Waals surface area contributed by atoms with Crippen molar-refractivity contribution in [1.82, 2.24) is 4.72 Å². The van der Waals surface area contributed by atoms with Crippen LogP contribution in [0.5, 0.6) is 0 Å². The minimum absolute atomic E-state index is 0.128. The van der Waals surface area contributed by atoms with Crippen molar-refractivity contribution in [3.63, 3.8) is 0 Å². The van der Waals surface area contributed by atoms with Crippen LogP contribution >= 0.6 is 0 Å². The Morgan fingerprint density at radius 2 is 2.00 bits per heavy atom. The Morgan fingerprint density at radius 3 is 2.47 bits per heavy atom. The van der Waals surface area contributed by atoms with Gasteiger partial charge in [-0.2, -0.15) is 0 Å². The molecule has 0 saturated heterocycles. The van der Waals surface area contributed by atoms with Crippen molar-refractivity contribution in [1.29, 1.82) is 0 Å². The summed E-state index contributed by atoms with van der Waals surface area (Å²) in [6.45, 7) is 4.73. The number of rotatable bonds is 5. The van der Waals surface area contributed by atoms with E-state index in [1.807, 2.05) is 0 Å². The summed E-state index contributed by atoms with van der Waals surface area (Å²) >= 11 is 0. The van der Waals surface area contributed by atoms with Gasteiger partial charge in [0, 0.05) is 6.04 Å². The molecule has 0 spiro atoms. The second-order valence-electron chi connectivity index (χ2n) is 4.60. The van der Waals surface area contributed by atoms with Crippen molar-refractivity contribution in [2.75, 3.05) is 12.3 Å². The molecular formula is C10H22N2O2S. The van der Waals surface area contributed by atoms with Crippen molar-refractivity contribution in [2.24, 2.45) is 17.6 Å². The van der Waals surface area contributed by atoms with Gasteiger partial charge in [0.05, 0.1) is 5.75 Å². The van der Waals surface area contributed by atoms with Gasteiger partial charge >= 0.3 is 0 Å². The van der Waals surface area contributed by atoms with E-state index in [1.54, 1.807) is 0 Å². The summed E-state index contributed by atoms with van der Waals surface area (Å²) in [6.07, 6.45) is 2.61. The highest BCUT2D eigenvalue weighted by Gasteiger charge is 2.32. The molecule has 0 radical (unpaired) electrons. The number of nitrogens with two attached hydrogens (primary N) is 1. The van der Waals surface area contributed by atoms with Gasteiger partial charge in [0.1, 0.15) is 0 Å². The fraction of sp³-hybridized carbons (Fsp3) is 1.00. The normalized spacial score (nSPS) is 32.1. The van der Waals surface area contributed by atoms with Crippen LogP contribution in [0.1, 0.15) is 33.1 Å². The minimum Gasteiger partial charge on any atom is -0.330 e. The molecule has 15 heavy (non-hydrogen) atoms. The van der Waals surface area contributed by atoms with E-state index in [0.717, 1.165) is 12.8 Å². The standard InChI is InChI=1S/C10H22N2O2S/c1-8-4-5-10(9(8)2)12-15(13,14)7-3-6-11/h8-10,12H,3-7,11H2,1-2H3. The second kappa shape index (κ2) is 5.27. The Hall–Kier alpha value is -0.130. The highest BCUT2D eigenvalue weighted by molar-refractivity contribution is 7.89.